The molecule has 0 saturated carbocycles. The van der Waals surface area contributed by atoms with E-state index >= 15 is 0 Å². The molecular weight excluding hydrogens is 338 g/mol. The highest BCUT2D eigenvalue weighted by Crippen LogP contribution is 2.21. The number of benzene rings is 1. The second-order valence-corrected chi connectivity index (χ2v) is 5.17. The Kier molecular flexibility index (Phi) is 5.44. The summed E-state index contributed by atoms with van der Waals surface area (Å²) >= 11 is 6.62. The lowest BCUT2D eigenvalue weighted by Crippen LogP contribution is -2.31. The number of nitrogens with one attached hydrogen (secondary N) is 1. The van der Waals surface area contributed by atoms with Gasteiger partial charge in [-0.15, -0.1) is 0 Å². The number of carbonyl (C=O) groups excluding carboxylic acids is 1. The number of carbonyl (C=O) groups is 1. The fraction of sp³-hybridized carbons (Fsp3) is 0.364. The zero-order valence-corrected chi connectivity index (χ0v) is 12.0. The molecule has 5 heteroatoms. The van der Waals surface area contributed by atoms with E-state index in [9.17, 15) is 9.90 Å². The molecule has 16 heavy (non-hydrogen) atoms. The van der Waals surface area contributed by atoms with Crippen LogP contribution in [0.15, 0.2) is 27.1 Å². The van der Waals surface area contributed by atoms with Gasteiger partial charge in [0.1, 0.15) is 0 Å². The molecule has 0 aliphatic heterocycles. The molecule has 0 radical (unpaired) electrons. The van der Waals surface area contributed by atoms with Crippen LogP contribution in [0.1, 0.15) is 23.7 Å². The fourth-order valence-electron chi connectivity index (χ4n) is 1.12. The highest BCUT2D eigenvalue weighted by atomic mass is 79.9. The zero-order chi connectivity index (χ0) is 12.1. The molecule has 0 heterocycles. The van der Waals surface area contributed by atoms with Crippen molar-refractivity contribution in [2.75, 3.05) is 6.54 Å². The van der Waals surface area contributed by atoms with E-state index in [1.54, 1.807) is 12.1 Å². The predicted octanol–water partition coefficient (Wildman–Crippen LogP) is 2.71. The standard InChI is InChI=1S/C11H13Br2NO2/c1-2-8(15)6-14-11(16)9-5-7(12)3-4-10(9)13/h3-5,8,15H,2,6H2,1H3,(H,14,16). The summed E-state index contributed by atoms with van der Waals surface area (Å²) in [5, 5.41) is 12.0. The number of hydrogen-bond acceptors (Lipinski definition) is 2. The Hall–Kier alpha value is -0.390. The highest BCUT2D eigenvalue weighted by molar-refractivity contribution is 9.11. The Labute approximate surface area is 111 Å². The Morgan fingerprint density at radius 1 is 1.50 bits per heavy atom. The van der Waals surface area contributed by atoms with Gasteiger partial charge in [-0.2, -0.15) is 0 Å². The van der Waals surface area contributed by atoms with E-state index in [2.05, 4.69) is 37.2 Å². The van der Waals surface area contributed by atoms with Crippen LogP contribution in [0.3, 0.4) is 0 Å². The molecule has 2 N–H and O–H groups in total. The van der Waals surface area contributed by atoms with E-state index in [4.69, 9.17) is 0 Å². The van der Waals surface area contributed by atoms with E-state index in [1.165, 1.54) is 0 Å². The van der Waals surface area contributed by atoms with Gasteiger partial charge in [0.25, 0.3) is 5.91 Å². The molecule has 88 valence electrons. The number of halogens is 2. The van der Waals surface area contributed by atoms with Crippen LogP contribution in [0.4, 0.5) is 0 Å². The Morgan fingerprint density at radius 3 is 2.81 bits per heavy atom. The van der Waals surface area contributed by atoms with Gasteiger partial charge in [-0.25, -0.2) is 0 Å². The van der Waals surface area contributed by atoms with Gasteiger partial charge >= 0.3 is 0 Å². The van der Waals surface area contributed by atoms with Gasteiger partial charge < -0.3 is 10.4 Å². The molecule has 0 spiro atoms. The van der Waals surface area contributed by atoms with Crippen LogP contribution in [-0.2, 0) is 0 Å². The fourth-order valence-corrected chi connectivity index (χ4v) is 1.91. The SMILES string of the molecule is CCC(O)CNC(=O)c1cc(Br)ccc1Br. The van der Waals surface area contributed by atoms with E-state index < -0.39 is 6.10 Å². The van der Waals surface area contributed by atoms with Crippen molar-refractivity contribution < 1.29 is 9.90 Å². The first-order valence-electron chi connectivity index (χ1n) is 4.96. The van der Waals surface area contributed by atoms with Gasteiger partial charge in [0, 0.05) is 15.5 Å². The van der Waals surface area contributed by atoms with E-state index in [-0.39, 0.29) is 12.5 Å². The lowest BCUT2D eigenvalue weighted by molar-refractivity contribution is 0.0913. The van der Waals surface area contributed by atoms with Crippen molar-refractivity contribution >= 4 is 37.8 Å². The number of rotatable bonds is 4. The number of aliphatic hydroxyl groups excluding tert-OH is 1. The Morgan fingerprint density at radius 2 is 2.19 bits per heavy atom. The summed E-state index contributed by atoms with van der Waals surface area (Å²) in [5.41, 5.74) is 0.553. The minimum Gasteiger partial charge on any atom is -0.391 e. The quantitative estimate of drug-likeness (QED) is 0.877. The molecule has 1 rings (SSSR count). The first kappa shape index (κ1) is 13.7. The summed E-state index contributed by atoms with van der Waals surface area (Å²) in [7, 11) is 0. The third-order valence-electron chi connectivity index (χ3n) is 2.14. The van der Waals surface area contributed by atoms with Gasteiger partial charge in [-0.1, -0.05) is 22.9 Å². The molecule has 1 unspecified atom stereocenters. The van der Waals surface area contributed by atoms with E-state index in [0.717, 1.165) is 8.95 Å². The topological polar surface area (TPSA) is 49.3 Å². The Bertz CT molecular complexity index is 382. The minimum absolute atomic E-state index is 0.194. The van der Waals surface area contributed by atoms with Gasteiger partial charge in [0.15, 0.2) is 0 Å². The molecule has 1 amide bonds. The molecule has 0 aromatic heterocycles. The average Bonchev–Trinajstić information content (AvgIpc) is 2.28. The smallest absolute Gasteiger partial charge is 0.252 e. The van der Waals surface area contributed by atoms with Crippen molar-refractivity contribution in [1.29, 1.82) is 0 Å². The van der Waals surface area contributed by atoms with Crippen LogP contribution in [0.5, 0.6) is 0 Å². The molecule has 0 saturated heterocycles. The molecule has 1 atom stereocenters. The minimum atomic E-state index is -0.491. The van der Waals surface area contributed by atoms with E-state index in [0.29, 0.717) is 12.0 Å². The van der Waals surface area contributed by atoms with Gasteiger partial charge in [0.2, 0.25) is 0 Å². The van der Waals surface area contributed by atoms with Crippen molar-refractivity contribution in [2.45, 2.75) is 19.4 Å². The van der Waals surface area contributed by atoms with Crippen molar-refractivity contribution in [2.24, 2.45) is 0 Å². The molecule has 0 fully saturated rings. The maximum Gasteiger partial charge on any atom is 0.252 e. The summed E-state index contributed by atoms with van der Waals surface area (Å²) in [6.45, 7) is 2.14. The largest absolute Gasteiger partial charge is 0.391 e. The predicted molar refractivity (Wildman–Crippen MR) is 70.5 cm³/mol. The lowest BCUT2D eigenvalue weighted by Gasteiger charge is -2.10. The first-order valence-corrected chi connectivity index (χ1v) is 6.54. The van der Waals surface area contributed by atoms with Crippen LogP contribution in [0.25, 0.3) is 0 Å². The second kappa shape index (κ2) is 6.37. The molecule has 0 aliphatic carbocycles. The Balaban J connectivity index is 2.69. The summed E-state index contributed by atoms with van der Waals surface area (Å²) in [6, 6.07) is 5.38. The maximum atomic E-state index is 11.8. The lowest BCUT2D eigenvalue weighted by atomic mass is 10.2. The normalized spacial score (nSPS) is 12.2. The van der Waals surface area contributed by atoms with Crippen LogP contribution in [-0.4, -0.2) is 23.7 Å². The molecule has 0 bridgehead atoms. The molecule has 0 aliphatic rings. The molecular formula is C11H13Br2NO2. The van der Waals surface area contributed by atoms with Crippen LogP contribution in [0.2, 0.25) is 0 Å². The van der Waals surface area contributed by atoms with Crippen molar-refractivity contribution in [3.8, 4) is 0 Å². The maximum absolute atomic E-state index is 11.8. The van der Waals surface area contributed by atoms with Crippen molar-refractivity contribution in [3.05, 3.63) is 32.7 Å². The first-order chi connectivity index (χ1) is 7.54. The van der Waals surface area contributed by atoms with Crippen LogP contribution in [0, 0.1) is 0 Å². The number of hydrogen-bond donors (Lipinski definition) is 2. The third kappa shape index (κ3) is 3.88. The van der Waals surface area contributed by atoms with Crippen molar-refractivity contribution in [1.82, 2.24) is 5.32 Å². The van der Waals surface area contributed by atoms with Gasteiger partial charge in [-0.05, 0) is 40.5 Å². The molecule has 1 aromatic rings. The van der Waals surface area contributed by atoms with Crippen LogP contribution < -0.4 is 5.32 Å². The molecule has 1 aromatic carbocycles. The molecule has 3 nitrogen and oxygen atoms in total. The van der Waals surface area contributed by atoms with Gasteiger partial charge in [-0.3, -0.25) is 4.79 Å². The summed E-state index contributed by atoms with van der Waals surface area (Å²) in [6.07, 6.45) is 0.134. The zero-order valence-electron chi connectivity index (χ0n) is 8.84. The number of amides is 1. The van der Waals surface area contributed by atoms with E-state index in [1.807, 2.05) is 13.0 Å². The third-order valence-corrected chi connectivity index (χ3v) is 3.33. The average molecular weight is 351 g/mol. The second-order valence-electron chi connectivity index (χ2n) is 3.40. The van der Waals surface area contributed by atoms with Crippen LogP contribution >= 0.6 is 31.9 Å². The van der Waals surface area contributed by atoms with Gasteiger partial charge in [0.05, 0.1) is 11.7 Å². The van der Waals surface area contributed by atoms with Crippen molar-refractivity contribution in [3.63, 3.8) is 0 Å². The summed E-state index contributed by atoms with van der Waals surface area (Å²) in [4.78, 5) is 11.8. The summed E-state index contributed by atoms with van der Waals surface area (Å²) < 4.78 is 1.58. The number of aliphatic hydroxyl groups is 1. The monoisotopic (exact) mass is 349 g/mol. The summed E-state index contributed by atoms with van der Waals surface area (Å²) in [5.74, 6) is -0.194. The highest BCUT2D eigenvalue weighted by Gasteiger charge is 2.11.